The Morgan fingerprint density at radius 1 is 1.21 bits per heavy atom. The zero-order valence-electron chi connectivity index (χ0n) is 12.9. The molecular formula is C15H27N3S. The summed E-state index contributed by atoms with van der Waals surface area (Å²) in [5.74, 6) is 0. The van der Waals surface area contributed by atoms with Crippen molar-refractivity contribution in [1.82, 2.24) is 14.8 Å². The number of rotatable bonds is 3. The summed E-state index contributed by atoms with van der Waals surface area (Å²) in [7, 11) is 0. The number of hydrogen-bond acceptors (Lipinski definition) is 4. The smallest absolute Gasteiger partial charge is 0.0982 e. The highest BCUT2D eigenvalue weighted by atomic mass is 32.1. The fourth-order valence-electron chi connectivity index (χ4n) is 2.39. The quantitative estimate of drug-likeness (QED) is 0.849. The van der Waals surface area contributed by atoms with Gasteiger partial charge in [0.25, 0.3) is 0 Å². The Labute approximate surface area is 121 Å². The summed E-state index contributed by atoms with van der Waals surface area (Å²) in [6.45, 7) is 17.0. The molecule has 0 unspecified atom stereocenters. The fourth-order valence-corrected chi connectivity index (χ4v) is 3.29. The van der Waals surface area contributed by atoms with Gasteiger partial charge in [0.1, 0.15) is 0 Å². The maximum absolute atomic E-state index is 4.79. The maximum Gasteiger partial charge on any atom is 0.0982 e. The van der Waals surface area contributed by atoms with Crippen LogP contribution in [0.15, 0.2) is 5.38 Å². The van der Waals surface area contributed by atoms with Gasteiger partial charge in [0, 0.05) is 49.6 Å². The Morgan fingerprint density at radius 3 is 2.32 bits per heavy atom. The average molecular weight is 281 g/mol. The van der Waals surface area contributed by atoms with Crippen LogP contribution in [0.2, 0.25) is 0 Å². The van der Waals surface area contributed by atoms with Gasteiger partial charge in [-0.15, -0.1) is 11.3 Å². The number of hydrogen-bond donors (Lipinski definition) is 0. The van der Waals surface area contributed by atoms with E-state index in [1.807, 2.05) is 0 Å². The van der Waals surface area contributed by atoms with Gasteiger partial charge in [-0.3, -0.25) is 9.80 Å². The lowest BCUT2D eigenvalue weighted by Crippen LogP contribution is -2.48. The van der Waals surface area contributed by atoms with E-state index in [1.54, 1.807) is 11.3 Å². The van der Waals surface area contributed by atoms with Crippen molar-refractivity contribution < 1.29 is 0 Å². The highest BCUT2D eigenvalue weighted by Crippen LogP contribution is 2.26. The Hall–Kier alpha value is -0.450. The molecule has 1 fully saturated rings. The summed E-state index contributed by atoms with van der Waals surface area (Å²) in [6.07, 6.45) is 0. The monoisotopic (exact) mass is 281 g/mol. The molecule has 0 amide bonds. The molecule has 1 saturated heterocycles. The van der Waals surface area contributed by atoms with E-state index in [2.05, 4.69) is 49.8 Å². The van der Waals surface area contributed by atoms with Gasteiger partial charge in [0.15, 0.2) is 0 Å². The van der Waals surface area contributed by atoms with Crippen LogP contribution in [-0.4, -0.2) is 47.0 Å². The van der Waals surface area contributed by atoms with Crippen LogP contribution in [0.4, 0.5) is 0 Å². The van der Waals surface area contributed by atoms with Crippen molar-refractivity contribution in [3.05, 3.63) is 16.1 Å². The Morgan fingerprint density at radius 2 is 1.84 bits per heavy atom. The molecule has 1 aliphatic heterocycles. The highest BCUT2D eigenvalue weighted by Gasteiger charge is 2.21. The van der Waals surface area contributed by atoms with Gasteiger partial charge in [0.05, 0.1) is 10.7 Å². The van der Waals surface area contributed by atoms with Gasteiger partial charge in [-0.1, -0.05) is 20.8 Å². The fraction of sp³-hybridized carbons (Fsp3) is 0.800. The van der Waals surface area contributed by atoms with Crippen molar-refractivity contribution in [3.63, 3.8) is 0 Å². The topological polar surface area (TPSA) is 19.4 Å². The molecule has 0 saturated carbocycles. The summed E-state index contributed by atoms with van der Waals surface area (Å²) in [6, 6.07) is 0.675. The summed E-state index contributed by atoms with van der Waals surface area (Å²) >= 11 is 1.80. The Balaban J connectivity index is 1.87. The van der Waals surface area contributed by atoms with Gasteiger partial charge in [-0.2, -0.15) is 0 Å². The van der Waals surface area contributed by atoms with Crippen LogP contribution in [0, 0.1) is 0 Å². The molecule has 4 heteroatoms. The van der Waals surface area contributed by atoms with Gasteiger partial charge >= 0.3 is 0 Å². The lowest BCUT2D eigenvalue weighted by atomic mass is 9.98. The van der Waals surface area contributed by atoms with Crippen LogP contribution in [0.5, 0.6) is 0 Å². The summed E-state index contributed by atoms with van der Waals surface area (Å²) in [4.78, 5) is 9.87. The van der Waals surface area contributed by atoms with Crippen LogP contribution >= 0.6 is 11.3 Å². The second-order valence-corrected chi connectivity index (χ2v) is 7.66. The van der Waals surface area contributed by atoms with E-state index >= 15 is 0 Å². The van der Waals surface area contributed by atoms with Crippen molar-refractivity contribution in [1.29, 1.82) is 0 Å². The largest absolute Gasteiger partial charge is 0.298 e. The average Bonchev–Trinajstić information content (AvgIpc) is 2.78. The van der Waals surface area contributed by atoms with Crippen LogP contribution in [0.1, 0.15) is 45.3 Å². The molecule has 1 aromatic rings. The van der Waals surface area contributed by atoms with E-state index in [4.69, 9.17) is 4.98 Å². The number of thiazole rings is 1. The Bertz CT molecular complexity index is 398. The van der Waals surface area contributed by atoms with Gasteiger partial charge in [0.2, 0.25) is 0 Å². The molecular weight excluding hydrogens is 254 g/mol. The third kappa shape index (κ3) is 4.01. The zero-order valence-corrected chi connectivity index (χ0v) is 13.8. The lowest BCUT2D eigenvalue weighted by Gasteiger charge is -2.36. The number of piperazine rings is 1. The first-order chi connectivity index (χ1) is 8.86. The molecule has 108 valence electrons. The summed E-state index contributed by atoms with van der Waals surface area (Å²) in [5, 5.41) is 3.48. The number of nitrogens with zero attached hydrogens (tertiary/aromatic N) is 3. The van der Waals surface area contributed by atoms with E-state index in [-0.39, 0.29) is 5.41 Å². The van der Waals surface area contributed by atoms with Gasteiger partial charge < -0.3 is 0 Å². The molecule has 0 N–H and O–H groups in total. The first-order valence-electron chi connectivity index (χ1n) is 7.27. The standard InChI is InChI=1S/C15H27N3S/c1-12(2)18-8-6-17(7-9-18)10-13-11-19-14(16-13)15(3,4)5/h11-12H,6-10H2,1-5H3. The van der Waals surface area contributed by atoms with Crippen molar-refractivity contribution in [3.8, 4) is 0 Å². The molecule has 0 radical (unpaired) electrons. The Kier molecular flexibility index (Phi) is 4.64. The molecule has 0 aliphatic carbocycles. The minimum absolute atomic E-state index is 0.180. The lowest BCUT2D eigenvalue weighted by molar-refractivity contribution is 0.103. The first kappa shape index (κ1) is 14.9. The van der Waals surface area contributed by atoms with Gasteiger partial charge in [-0.25, -0.2) is 4.98 Å². The predicted molar refractivity (Wildman–Crippen MR) is 82.8 cm³/mol. The van der Waals surface area contributed by atoms with Crippen molar-refractivity contribution >= 4 is 11.3 Å². The third-order valence-corrected chi connectivity index (χ3v) is 5.03. The van der Waals surface area contributed by atoms with Crippen molar-refractivity contribution in [2.75, 3.05) is 26.2 Å². The van der Waals surface area contributed by atoms with Crippen molar-refractivity contribution in [2.24, 2.45) is 0 Å². The second-order valence-electron chi connectivity index (χ2n) is 6.80. The molecule has 1 aliphatic rings. The molecule has 0 atom stereocenters. The van der Waals surface area contributed by atoms with Crippen LogP contribution in [0.25, 0.3) is 0 Å². The van der Waals surface area contributed by atoms with Crippen LogP contribution in [-0.2, 0) is 12.0 Å². The predicted octanol–water partition coefficient (Wildman–Crippen LogP) is 2.97. The van der Waals surface area contributed by atoms with Crippen LogP contribution in [0.3, 0.4) is 0 Å². The molecule has 0 bridgehead atoms. The summed E-state index contributed by atoms with van der Waals surface area (Å²) < 4.78 is 0. The molecule has 3 nitrogen and oxygen atoms in total. The first-order valence-corrected chi connectivity index (χ1v) is 8.15. The molecule has 0 spiro atoms. The third-order valence-electron chi connectivity index (χ3n) is 3.72. The van der Waals surface area contributed by atoms with E-state index in [1.165, 1.54) is 36.9 Å². The van der Waals surface area contributed by atoms with E-state index < -0.39 is 0 Å². The van der Waals surface area contributed by atoms with E-state index in [0.717, 1.165) is 6.54 Å². The van der Waals surface area contributed by atoms with E-state index in [9.17, 15) is 0 Å². The molecule has 0 aromatic carbocycles. The van der Waals surface area contributed by atoms with Crippen molar-refractivity contribution in [2.45, 2.75) is 52.6 Å². The minimum atomic E-state index is 0.180. The van der Waals surface area contributed by atoms with Crippen LogP contribution < -0.4 is 0 Å². The minimum Gasteiger partial charge on any atom is -0.298 e. The maximum atomic E-state index is 4.79. The molecule has 2 rings (SSSR count). The normalized spacial score (nSPS) is 19.3. The summed E-state index contributed by atoms with van der Waals surface area (Å²) in [5.41, 5.74) is 1.42. The van der Waals surface area contributed by atoms with E-state index in [0.29, 0.717) is 6.04 Å². The molecule has 1 aromatic heterocycles. The SMILES string of the molecule is CC(C)N1CCN(Cc2csc(C(C)(C)C)n2)CC1. The highest BCUT2D eigenvalue weighted by molar-refractivity contribution is 7.09. The zero-order chi connectivity index (χ0) is 14.0. The molecule has 19 heavy (non-hydrogen) atoms. The van der Waals surface area contributed by atoms with Gasteiger partial charge in [-0.05, 0) is 13.8 Å². The number of aromatic nitrogens is 1. The molecule has 2 heterocycles. The second kappa shape index (κ2) is 5.90.